The standard InChI is InChI=1S/C33H33ClN4O4/c34-26-9-4-23(5-10-26)16-19-37(22-39)31-15-14-30-32(35-31)29(24-6-11-27-3-1-2-18-36(27)20-17-24)21-38(30)42-33(41)25-7-12-28(40)13-8-25/h4-5,7-10,12-15,17,21-22,27,40H,1-3,6,11,16,18-20H2. The van der Waals surface area contributed by atoms with Gasteiger partial charge >= 0.3 is 5.97 Å². The summed E-state index contributed by atoms with van der Waals surface area (Å²) in [6.07, 6.45) is 11.2. The molecule has 2 aliphatic heterocycles. The average molecular weight is 585 g/mol. The lowest BCUT2D eigenvalue weighted by molar-refractivity contribution is -0.107. The van der Waals surface area contributed by atoms with Crippen molar-refractivity contribution in [1.82, 2.24) is 14.6 Å². The molecule has 216 valence electrons. The van der Waals surface area contributed by atoms with Crippen molar-refractivity contribution in [2.24, 2.45) is 0 Å². The monoisotopic (exact) mass is 584 g/mol. The smallest absolute Gasteiger partial charge is 0.363 e. The Bertz CT molecular complexity index is 1610. The van der Waals surface area contributed by atoms with Crippen LogP contribution in [0.25, 0.3) is 16.6 Å². The quantitative estimate of drug-likeness (QED) is 0.259. The molecule has 1 saturated heterocycles. The summed E-state index contributed by atoms with van der Waals surface area (Å²) < 4.78 is 1.47. The number of carbonyl (C=O) groups is 2. The Balaban J connectivity index is 1.33. The van der Waals surface area contributed by atoms with Gasteiger partial charge in [0.25, 0.3) is 0 Å². The number of phenolic OH excluding ortho intramolecular Hbond substituents is 1. The van der Waals surface area contributed by atoms with Crippen molar-refractivity contribution < 1.29 is 19.5 Å². The summed E-state index contributed by atoms with van der Waals surface area (Å²) in [5.74, 6) is 0.0540. The molecule has 0 spiro atoms. The topological polar surface area (TPSA) is 87.9 Å². The highest BCUT2D eigenvalue weighted by atomic mass is 35.5. The average Bonchev–Trinajstić information content (AvgIpc) is 3.21. The van der Waals surface area contributed by atoms with E-state index in [9.17, 15) is 14.7 Å². The van der Waals surface area contributed by atoms with Crippen molar-refractivity contribution in [3.05, 3.63) is 94.6 Å². The number of halogens is 1. The van der Waals surface area contributed by atoms with Crippen molar-refractivity contribution in [1.29, 1.82) is 0 Å². The Morgan fingerprint density at radius 3 is 2.67 bits per heavy atom. The number of anilines is 1. The van der Waals surface area contributed by atoms with E-state index in [2.05, 4.69) is 11.0 Å². The van der Waals surface area contributed by atoms with Gasteiger partial charge in [0.1, 0.15) is 22.6 Å². The zero-order chi connectivity index (χ0) is 29.1. The van der Waals surface area contributed by atoms with Crippen LogP contribution in [0.2, 0.25) is 5.02 Å². The number of fused-ring (bicyclic) bond motifs is 2. The van der Waals surface area contributed by atoms with Gasteiger partial charge in [0, 0.05) is 29.7 Å². The van der Waals surface area contributed by atoms with E-state index in [-0.39, 0.29) is 5.75 Å². The number of amides is 1. The van der Waals surface area contributed by atoms with Crippen molar-refractivity contribution in [3.63, 3.8) is 0 Å². The number of nitrogens with zero attached hydrogens (tertiary/aromatic N) is 4. The van der Waals surface area contributed by atoms with Crippen LogP contribution in [0.1, 0.15) is 53.6 Å². The fraction of sp³-hybridized carbons (Fsp3) is 0.303. The highest BCUT2D eigenvalue weighted by molar-refractivity contribution is 6.30. The molecule has 2 aromatic carbocycles. The number of benzene rings is 2. The molecule has 6 rings (SSSR count). The molecule has 1 N–H and O–H groups in total. The van der Waals surface area contributed by atoms with E-state index in [0.29, 0.717) is 46.4 Å². The number of pyridine rings is 1. The van der Waals surface area contributed by atoms with Crippen LogP contribution in [-0.4, -0.2) is 57.8 Å². The third-order valence-corrected chi connectivity index (χ3v) is 8.52. The largest absolute Gasteiger partial charge is 0.508 e. The van der Waals surface area contributed by atoms with Gasteiger partial charge in [-0.05, 0) is 98.3 Å². The molecule has 1 fully saturated rings. The number of aromatic nitrogens is 2. The number of hydrogen-bond donors (Lipinski definition) is 1. The molecule has 9 heteroatoms. The Morgan fingerprint density at radius 1 is 1.07 bits per heavy atom. The molecule has 0 saturated carbocycles. The first-order chi connectivity index (χ1) is 20.5. The van der Waals surface area contributed by atoms with Gasteiger partial charge in [0.05, 0.1) is 11.8 Å². The summed E-state index contributed by atoms with van der Waals surface area (Å²) in [5.41, 5.74) is 4.76. The molecule has 8 nitrogen and oxygen atoms in total. The number of piperidine rings is 1. The Kier molecular flexibility index (Phi) is 8.26. The van der Waals surface area contributed by atoms with Crippen molar-refractivity contribution in [2.75, 3.05) is 24.5 Å². The molecule has 4 heterocycles. The van der Waals surface area contributed by atoms with E-state index >= 15 is 0 Å². The summed E-state index contributed by atoms with van der Waals surface area (Å²) >= 11 is 6.02. The molecule has 4 aromatic rings. The van der Waals surface area contributed by atoms with E-state index in [0.717, 1.165) is 49.0 Å². The minimum atomic E-state index is -0.549. The minimum absolute atomic E-state index is 0.0735. The second kappa shape index (κ2) is 12.4. The number of hydrogen-bond acceptors (Lipinski definition) is 6. The van der Waals surface area contributed by atoms with Gasteiger partial charge in [-0.2, -0.15) is 4.73 Å². The zero-order valence-electron chi connectivity index (χ0n) is 23.3. The third-order valence-electron chi connectivity index (χ3n) is 8.27. The van der Waals surface area contributed by atoms with Gasteiger partial charge in [-0.3, -0.25) is 14.6 Å². The molecule has 1 atom stereocenters. The molecule has 42 heavy (non-hydrogen) atoms. The fourth-order valence-corrected chi connectivity index (χ4v) is 6.05. The first-order valence-electron chi connectivity index (χ1n) is 14.4. The van der Waals surface area contributed by atoms with Crippen LogP contribution in [0.15, 0.2) is 72.9 Å². The van der Waals surface area contributed by atoms with Gasteiger partial charge < -0.3 is 9.94 Å². The van der Waals surface area contributed by atoms with Gasteiger partial charge in [-0.15, -0.1) is 0 Å². The van der Waals surface area contributed by atoms with Gasteiger partial charge in [0.15, 0.2) is 0 Å². The predicted octanol–water partition coefficient (Wildman–Crippen LogP) is 5.90. The van der Waals surface area contributed by atoms with Gasteiger partial charge in [0.2, 0.25) is 6.41 Å². The number of rotatable bonds is 8. The Morgan fingerprint density at radius 2 is 1.88 bits per heavy atom. The maximum Gasteiger partial charge on any atom is 0.363 e. The number of carbonyl (C=O) groups excluding carboxylic acids is 2. The van der Waals surface area contributed by atoms with Crippen molar-refractivity contribution in [2.45, 2.75) is 44.6 Å². The van der Waals surface area contributed by atoms with E-state index in [1.807, 2.05) is 36.5 Å². The molecular formula is C33H33ClN4O4. The van der Waals surface area contributed by atoms with E-state index in [4.69, 9.17) is 21.4 Å². The van der Waals surface area contributed by atoms with Crippen LogP contribution in [-0.2, 0) is 11.2 Å². The van der Waals surface area contributed by atoms with E-state index in [1.165, 1.54) is 48.3 Å². The fourth-order valence-electron chi connectivity index (χ4n) is 5.92. The van der Waals surface area contributed by atoms with Crippen LogP contribution in [0.4, 0.5) is 5.82 Å². The van der Waals surface area contributed by atoms with Crippen molar-refractivity contribution in [3.8, 4) is 5.75 Å². The Labute approximate surface area is 249 Å². The van der Waals surface area contributed by atoms with Crippen LogP contribution in [0, 0.1) is 0 Å². The summed E-state index contributed by atoms with van der Waals surface area (Å²) in [7, 11) is 0. The molecule has 2 aromatic heterocycles. The second-order valence-corrected chi connectivity index (χ2v) is 11.4. The van der Waals surface area contributed by atoms with Crippen LogP contribution in [0.3, 0.4) is 0 Å². The normalized spacial score (nSPS) is 17.3. The van der Waals surface area contributed by atoms with Crippen LogP contribution < -0.4 is 9.74 Å². The summed E-state index contributed by atoms with van der Waals surface area (Å²) in [5, 5.41) is 10.3. The number of phenols is 1. The third kappa shape index (κ3) is 6.05. The van der Waals surface area contributed by atoms with Crippen molar-refractivity contribution >= 4 is 46.4 Å². The highest BCUT2D eigenvalue weighted by Gasteiger charge is 2.26. The maximum absolute atomic E-state index is 13.0. The molecule has 2 aliphatic rings. The van der Waals surface area contributed by atoms with Crippen LogP contribution >= 0.6 is 11.6 Å². The number of aromatic hydroxyl groups is 1. The highest BCUT2D eigenvalue weighted by Crippen LogP contribution is 2.34. The van der Waals surface area contributed by atoms with Gasteiger partial charge in [-0.25, -0.2) is 9.78 Å². The lowest BCUT2D eigenvalue weighted by Crippen LogP contribution is -2.38. The predicted molar refractivity (Wildman–Crippen MR) is 164 cm³/mol. The van der Waals surface area contributed by atoms with E-state index in [1.54, 1.807) is 11.0 Å². The molecule has 0 radical (unpaired) electrons. The molecule has 0 bridgehead atoms. The molecule has 1 unspecified atom stereocenters. The number of allylic oxidation sites excluding steroid dienone is 1. The molecule has 1 amide bonds. The maximum atomic E-state index is 13.0. The summed E-state index contributed by atoms with van der Waals surface area (Å²) in [6, 6.07) is 17.7. The lowest BCUT2D eigenvalue weighted by Gasteiger charge is -2.33. The van der Waals surface area contributed by atoms with Crippen LogP contribution in [0.5, 0.6) is 5.75 Å². The lowest BCUT2D eigenvalue weighted by atomic mass is 9.96. The molecular weight excluding hydrogens is 552 g/mol. The molecule has 0 aliphatic carbocycles. The first-order valence-corrected chi connectivity index (χ1v) is 14.8. The minimum Gasteiger partial charge on any atom is -0.508 e. The second-order valence-electron chi connectivity index (χ2n) is 10.9. The Hall–Kier alpha value is -4.14. The SMILES string of the molecule is O=CN(CCc1ccc(Cl)cc1)c1ccc2c(n1)c(C1=CCN3CCCCC3CC1)cn2OC(=O)c1ccc(O)cc1. The van der Waals surface area contributed by atoms with Gasteiger partial charge in [-0.1, -0.05) is 36.2 Å². The summed E-state index contributed by atoms with van der Waals surface area (Å²) in [6.45, 7) is 2.45. The first kappa shape index (κ1) is 28.0. The van der Waals surface area contributed by atoms with E-state index < -0.39 is 5.97 Å². The zero-order valence-corrected chi connectivity index (χ0v) is 24.0. The summed E-state index contributed by atoms with van der Waals surface area (Å²) in [4.78, 5) is 40.1.